The van der Waals surface area contributed by atoms with E-state index >= 15 is 0 Å². The van der Waals surface area contributed by atoms with Gasteiger partial charge < -0.3 is 10.1 Å². The van der Waals surface area contributed by atoms with Crippen LogP contribution >= 0.6 is 34.5 Å². The van der Waals surface area contributed by atoms with Gasteiger partial charge in [0.25, 0.3) is 5.91 Å². The highest BCUT2D eigenvalue weighted by Crippen LogP contribution is 2.33. The molecule has 0 saturated heterocycles. The van der Waals surface area contributed by atoms with Gasteiger partial charge in [0.2, 0.25) is 0 Å². The molecule has 0 radical (unpaired) electrons. The number of carbonyl (C=O) groups excluding carboxylic acids is 2. The summed E-state index contributed by atoms with van der Waals surface area (Å²) < 4.78 is 5.15. The number of nitrogens with one attached hydrogen (secondary N) is 1. The van der Waals surface area contributed by atoms with Crippen molar-refractivity contribution in [3.8, 4) is 0 Å². The molecule has 1 aromatic carbocycles. The van der Waals surface area contributed by atoms with Gasteiger partial charge in [-0.15, -0.1) is 11.3 Å². The molecule has 0 saturated carbocycles. The van der Waals surface area contributed by atoms with Crippen LogP contribution in [-0.4, -0.2) is 18.5 Å². The third-order valence-electron chi connectivity index (χ3n) is 4.44. The van der Waals surface area contributed by atoms with E-state index in [-0.39, 0.29) is 6.61 Å². The molecular weight excluding hydrogens is 393 g/mol. The number of ether oxygens (including phenoxy) is 1. The first kappa shape index (κ1) is 19.2. The molecule has 1 atom stereocenters. The number of anilines is 1. The fourth-order valence-corrected chi connectivity index (χ4v) is 4.70. The van der Waals surface area contributed by atoms with Crippen LogP contribution in [0.5, 0.6) is 0 Å². The van der Waals surface area contributed by atoms with E-state index in [0.717, 1.165) is 19.3 Å². The summed E-state index contributed by atoms with van der Waals surface area (Å²) in [6, 6.07) is 6.63. The lowest BCUT2D eigenvalue weighted by Gasteiger charge is -2.19. The van der Waals surface area contributed by atoms with Crippen LogP contribution in [0.25, 0.3) is 0 Å². The SMILES string of the molecule is CC[C@H]1CCc2sc(C(=O)OCC(=O)Nc3cc(Cl)cc(Cl)c3)cc2C1. The van der Waals surface area contributed by atoms with Crippen LogP contribution in [0.15, 0.2) is 24.3 Å². The number of hydrogen-bond donors (Lipinski definition) is 1. The van der Waals surface area contributed by atoms with Crippen molar-refractivity contribution in [2.45, 2.75) is 32.6 Å². The van der Waals surface area contributed by atoms with Crippen molar-refractivity contribution >= 4 is 52.1 Å². The van der Waals surface area contributed by atoms with Crippen molar-refractivity contribution in [2.24, 2.45) is 5.92 Å². The van der Waals surface area contributed by atoms with Gasteiger partial charge in [-0.3, -0.25) is 4.79 Å². The summed E-state index contributed by atoms with van der Waals surface area (Å²) in [5.41, 5.74) is 1.71. The lowest BCUT2D eigenvalue weighted by atomic mass is 9.87. The summed E-state index contributed by atoms with van der Waals surface area (Å²) >= 11 is 13.3. The fourth-order valence-electron chi connectivity index (χ4n) is 3.07. The Morgan fingerprint density at radius 2 is 1.96 bits per heavy atom. The van der Waals surface area contributed by atoms with Gasteiger partial charge in [-0.1, -0.05) is 36.5 Å². The van der Waals surface area contributed by atoms with Gasteiger partial charge in [0.15, 0.2) is 6.61 Å². The van der Waals surface area contributed by atoms with Crippen molar-refractivity contribution in [1.82, 2.24) is 0 Å². The summed E-state index contributed by atoms with van der Waals surface area (Å²) in [5, 5.41) is 3.44. The second kappa shape index (κ2) is 8.42. The molecule has 2 aromatic rings. The second-order valence-corrected chi connectivity index (χ2v) is 8.37. The van der Waals surface area contributed by atoms with Crippen molar-refractivity contribution in [3.05, 3.63) is 49.6 Å². The predicted octanol–water partition coefficient (Wildman–Crippen LogP) is 5.37. The Hall–Kier alpha value is -1.56. The van der Waals surface area contributed by atoms with Crippen molar-refractivity contribution in [1.29, 1.82) is 0 Å². The first-order chi connectivity index (χ1) is 12.4. The Kier molecular flexibility index (Phi) is 6.22. The molecule has 3 rings (SSSR count). The van der Waals surface area contributed by atoms with Crippen LogP contribution < -0.4 is 5.32 Å². The van der Waals surface area contributed by atoms with E-state index in [2.05, 4.69) is 12.2 Å². The lowest BCUT2D eigenvalue weighted by Crippen LogP contribution is -2.20. The van der Waals surface area contributed by atoms with Crippen LogP contribution in [0.4, 0.5) is 5.69 Å². The van der Waals surface area contributed by atoms with E-state index in [0.29, 0.717) is 26.5 Å². The number of thiophene rings is 1. The Bertz CT molecular complexity index is 814. The van der Waals surface area contributed by atoms with Crippen LogP contribution in [0, 0.1) is 5.92 Å². The van der Waals surface area contributed by atoms with Crippen molar-refractivity contribution < 1.29 is 14.3 Å². The number of benzene rings is 1. The highest BCUT2D eigenvalue weighted by molar-refractivity contribution is 7.14. The molecule has 1 N–H and O–H groups in total. The first-order valence-electron chi connectivity index (χ1n) is 8.49. The zero-order chi connectivity index (χ0) is 18.7. The molecule has 1 heterocycles. The smallest absolute Gasteiger partial charge is 0.348 e. The molecule has 4 nitrogen and oxygen atoms in total. The lowest BCUT2D eigenvalue weighted by molar-refractivity contribution is -0.119. The highest BCUT2D eigenvalue weighted by atomic mass is 35.5. The number of halogens is 2. The quantitative estimate of drug-likeness (QED) is 0.673. The van der Waals surface area contributed by atoms with E-state index in [1.807, 2.05) is 6.07 Å². The van der Waals surface area contributed by atoms with Crippen LogP contribution in [0.2, 0.25) is 10.0 Å². The minimum atomic E-state index is -0.461. The molecule has 1 aliphatic rings. The monoisotopic (exact) mass is 411 g/mol. The molecule has 0 unspecified atom stereocenters. The molecule has 1 amide bonds. The third-order valence-corrected chi connectivity index (χ3v) is 6.10. The van der Waals surface area contributed by atoms with Crippen LogP contribution in [0.1, 0.15) is 39.9 Å². The number of hydrogen-bond acceptors (Lipinski definition) is 4. The largest absolute Gasteiger partial charge is 0.451 e. The van der Waals surface area contributed by atoms with Gasteiger partial charge in [0.05, 0.1) is 0 Å². The minimum absolute atomic E-state index is 0.358. The van der Waals surface area contributed by atoms with Gasteiger partial charge in [-0.2, -0.15) is 0 Å². The maximum absolute atomic E-state index is 12.2. The van der Waals surface area contributed by atoms with Crippen LogP contribution in [-0.2, 0) is 22.4 Å². The molecule has 7 heteroatoms. The topological polar surface area (TPSA) is 55.4 Å². The van der Waals surface area contributed by atoms with Crippen molar-refractivity contribution in [2.75, 3.05) is 11.9 Å². The first-order valence-corrected chi connectivity index (χ1v) is 10.1. The number of amides is 1. The van der Waals surface area contributed by atoms with E-state index in [4.69, 9.17) is 27.9 Å². The predicted molar refractivity (Wildman–Crippen MR) is 105 cm³/mol. The molecule has 0 bridgehead atoms. The van der Waals surface area contributed by atoms with Crippen molar-refractivity contribution in [3.63, 3.8) is 0 Å². The number of esters is 1. The van der Waals surface area contributed by atoms with Gasteiger partial charge in [-0.05, 0) is 55.0 Å². The molecule has 138 valence electrons. The van der Waals surface area contributed by atoms with Gasteiger partial charge in [0.1, 0.15) is 4.88 Å². The fraction of sp³-hybridized carbons (Fsp3) is 0.368. The molecule has 0 aliphatic heterocycles. The van der Waals surface area contributed by atoms with Gasteiger partial charge in [0, 0.05) is 20.6 Å². The van der Waals surface area contributed by atoms with E-state index < -0.39 is 11.9 Å². The van der Waals surface area contributed by atoms with E-state index in [1.54, 1.807) is 18.2 Å². The molecule has 0 fully saturated rings. The summed E-state index contributed by atoms with van der Waals surface area (Å²) in [7, 11) is 0. The number of carbonyl (C=O) groups is 2. The summed E-state index contributed by atoms with van der Waals surface area (Å²) in [4.78, 5) is 26.0. The Morgan fingerprint density at radius 3 is 2.65 bits per heavy atom. The number of rotatable bonds is 5. The van der Waals surface area contributed by atoms with E-state index in [9.17, 15) is 9.59 Å². The maximum Gasteiger partial charge on any atom is 0.348 e. The van der Waals surface area contributed by atoms with Gasteiger partial charge in [-0.25, -0.2) is 4.79 Å². The molecule has 1 aromatic heterocycles. The molecule has 26 heavy (non-hydrogen) atoms. The zero-order valence-corrected chi connectivity index (χ0v) is 16.6. The Labute approximate surface area is 166 Å². The second-order valence-electron chi connectivity index (χ2n) is 6.36. The zero-order valence-electron chi connectivity index (χ0n) is 14.3. The van der Waals surface area contributed by atoms with Crippen LogP contribution in [0.3, 0.4) is 0 Å². The number of aryl methyl sites for hydroxylation is 1. The summed E-state index contributed by atoms with van der Waals surface area (Å²) in [6.07, 6.45) is 4.36. The number of fused-ring (bicyclic) bond motifs is 1. The van der Waals surface area contributed by atoms with E-state index in [1.165, 1.54) is 28.2 Å². The third kappa shape index (κ3) is 4.78. The molecular formula is C19H19Cl2NO3S. The highest BCUT2D eigenvalue weighted by Gasteiger charge is 2.23. The van der Waals surface area contributed by atoms with Gasteiger partial charge >= 0.3 is 5.97 Å². The maximum atomic E-state index is 12.2. The Morgan fingerprint density at radius 1 is 1.23 bits per heavy atom. The summed E-state index contributed by atoms with van der Waals surface area (Å²) in [5.74, 6) is -0.211. The molecule has 0 spiro atoms. The Balaban J connectivity index is 1.55. The molecule has 1 aliphatic carbocycles. The average Bonchev–Trinajstić information content (AvgIpc) is 3.01. The average molecular weight is 412 g/mol. The summed E-state index contributed by atoms with van der Waals surface area (Å²) in [6.45, 7) is 1.84. The standard InChI is InChI=1S/C19H19Cl2NO3S/c1-2-11-3-4-16-12(5-11)6-17(26-16)19(24)25-10-18(23)22-15-8-13(20)7-14(21)9-15/h6-9,11H,2-5,10H2,1H3,(H,22,23)/t11-/m0/s1. The minimum Gasteiger partial charge on any atom is -0.451 e. The normalized spacial score (nSPS) is 16.0.